The van der Waals surface area contributed by atoms with E-state index in [2.05, 4.69) is 18.3 Å². The van der Waals surface area contributed by atoms with Crippen molar-refractivity contribution in [3.05, 3.63) is 53.5 Å². The minimum Gasteiger partial charge on any atom is -0.475 e. The van der Waals surface area contributed by atoms with E-state index >= 15 is 0 Å². The molecular weight excluding hydrogens is 242 g/mol. The molecule has 19 heavy (non-hydrogen) atoms. The summed E-state index contributed by atoms with van der Waals surface area (Å²) in [5, 5.41) is 12.2. The minimum atomic E-state index is -1.05. The maximum absolute atomic E-state index is 10.8. The number of carboxylic acids is 1. The SMILES string of the molecule is CCc1ccccc1NC(C)c1ccc(C(=O)O)o1. The van der Waals surface area contributed by atoms with Gasteiger partial charge in [-0.1, -0.05) is 25.1 Å². The Morgan fingerprint density at radius 1 is 1.32 bits per heavy atom. The van der Waals surface area contributed by atoms with Gasteiger partial charge >= 0.3 is 5.97 Å². The van der Waals surface area contributed by atoms with Crippen LogP contribution in [0.2, 0.25) is 0 Å². The number of aromatic carboxylic acids is 1. The van der Waals surface area contributed by atoms with E-state index in [0.29, 0.717) is 5.76 Å². The Morgan fingerprint density at radius 3 is 2.68 bits per heavy atom. The van der Waals surface area contributed by atoms with Crippen LogP contribution in [-0.2, 0) is 6.42 Å². The maximum atomic E-state index is 10.8. The van der Waals surface area contributed by atoms with Crippen molar-refractivity contribution in [3.63, 3.8) is 0 Å². The van der Waals surface area contributed by atoms with Gasteiger partial charge in [0.05, 0.1) is 6.04 Å². The summed E-state index contributed by atoms with van der Waals surface area (Å²) in [5.41, 5.74) is 2.27. The second kappa shape index (κ2) is 5.61. The van der Waals surface area contributed by atoms with Gasteiger partial charge in [0.25, 0.3) is 0 Å². The van der Waals surface area contributed by atoms with Gasteiger partial charge in [0.2, 0.25) is 5.76 Å². The Kier molecular flexibility index (Phi) is 3.90. The molecule has 2 rings (SSSR count). The van der Waals surface area contributed by atoms with Gasteiger partial charge in [-0.3, -0.25) is 0 Å². The second-order valence-corrected chi connectivity index (χ2v) is 4.38. The molecule has 0 fully saturated rings. The molecule has 1 unspecified atom stereocenters. The topological polar surface area (TPSA) is 62.5 Å². The average molecular weight is 259 g/mol. The lowest BCUT2D eigenvalue weighted by Crippen LogP contribution is -2.07. The quantitative estimate of drug-likeness (QED) is 0.859. The Balaban J connectivity index is 2.15. The molecule has 1 aromatic heterocycles. The van der Waals surface area contributed by atoms with Crippen molar-refractivity contribution >= 4 is 11.7 Å². The number of hydrogen-bond donors (Lipinski definition) is 2. The molecule has 100 valence electrons. The van der Waals surface area contributed by atoms with Crippen LogP contribution in [0.25, 0.3) is 0 Å². The number of nitrogens with one attached hydrogen (secondary N) is 1. The van der Waals surface area contributed by atoms with Gasteiger partial charge in [0.1, 0.15) is 5.76 Å². The van der Waals surface area contributed by atoms with Crippen LogP contribution in [0.5, 0.6) is 0 Å². The average Bonchev–Trinajstić information content (AvgIpc) is 2.89. The number of benzene rings is 1. The molecule has 0 aliphatic carbocycles. The fourth-order valence-corrected chi connectivity index (χ4v) is 1.97. The smallest absolute Gasteiger partial charge is 0.371 e. The van der Waals surface area contributed by atoms with Crippen molar-refractivity contribution in [1.82, 2.24) is 0 Å². The summed E-state index contributed by atoms with van der Waals surface area (Å²) in [5.74, 6) is -0.469. The summed E-state index contributed by atoms with van der Waals surface area (Å²) in [6, 6.07) is 11.1. The molecule has 1 atom stereocenters. The number of aryl methyl sites for hydroxylation is 1. The molecule has 0 radical (unpaired) electrons. The van der Waals surface area contributed by atoms with Crippen LogP contribution in [0.15, 0.2) is 40.8 Å². The zero-order valence-electron chi connectivity index (χ0n) is 11.0. The van der Waals surface area contributed by atoms with Gasteiger partial charge in [-0.25, -0.2) is 4.79 Å². The van der Waals surface area contributed by atoms with Crippen molar-refractivity contribution < 1.29 is 14.3 Å². The van der Waals surface area contributed by atoms with Gasteiger partial charge in [-0.2, -0.15) is 0 Å². The van der Waals surface area contributed by atoms with Crippen molar-refractivity contribution in [1.29, 1.82) is 0 Å². The van der Waals surface area contributed by atoms with Crippen molar-refractivity contribution in [2.45, 2.75) is 26.3 Å². The molecule has 0 saturated carbocycles. The van der Waals surface area contributed by atoms with Gasteiger partial charge in [-0.05, 0) is 37.1 Å². The van der Waals surface area contributed by atoms with Crippen LogP contribution in [-0.4, -0.2) is 11.1 Å². The van der Waals surface area contributed by atoms with Gasteiger partial charge in [-0.15, -0.1) is 0 Å². The molecule has 4 heteroatoms. The first-order chi connectivity index (χ1) is 9.11. The zero-order valence-corrected chi connectivity index (χ0v) is 11.0. The highest BCUT2D eigenvalue weighted by Crippen LogP contribution is 2.24. The Labute approximate surface area is 112 Å². The van der Waals surface area contributed by atoms with E-state index in [1.165, 1.54) is 11.6 Å². The third-order valence-electron chi connectivity index (χ3n) is 3.03. The molecule has 0 spiro atoms. The number of furan rings is 1. The molecule has 2 aromatic rings. The first-order valence-corrected chi connectivity index (χ1v) is 6.29. The maximum Gasteiger partial charge on any atom is 0.371 e. The molecule has 0 aliphatic heterocycles. The van der Waals surface area contributed by atoms with Crippen LogP contribution in [0.4, 0.5) is 5.69 Å². The molecule has 1 heterocycles. The molecule has 1 aromatic carbocycles. The number of carboxylic acid groups (broad SMARTS) is 1. The fraction of sp³-hybridized carbons (Fsp3) is 0.267. The van der Waals surface area contributed by atoms with E-state index in [0.717, 1.165) is 12.1 Å². The number of para-hydroxylation sites is 1. The summed E-state index contributed by atoms with van der Waals surface area (Å²) < 4.78 is 5.29. The van der Waals surface area contributed by atoms with Crippen LogP contribution < -0.4 is 5.32 Å². The normalized spacial score (nSPS) is 12.1. The lowest BCUT2D eigenvalue weighted by molar-refractivity contribution is 0.0660. The molecule has 0 aliphatic rings. The Hall–Kier alpha value is -2.23. The van der Waals surface area contributed by atoms with Crippen molar-refractivity contribution in [3.8, 4) is 0 Å². The van der Waals surface area contributed by atoms with E-state index in [-0.39, 0.29) is 11.8 Å². The predicted octanol–water partition coefficient (Wildman–Crippen LogP) is 3.71. The van der Waals surface area contributed by atoms with E-state index in [4.69, 9.17) is 9.52 Å². The molecule has 2 N–H and O–H groups in total. The first-order valence-electron chi connectivity index (χ1n) is 6.29. The molecule has 0 amide bonds. The molecular formula is C15H17NO3. The van der Waals surface area contributed by atoms with Crippen LogP contribution in [0, 0.1) is 0 Å². The van der Waals surface area contributed by atoms with Gasteiger partial charge in [0, 0.05) is 5.69 Å². The highest BCUT2D eigenvalue weighted by molar-refractivity contribution is 5.84. The fourth-order valence-electron chi connectivity index (χ4n) is 1.97. The highest BCUT2D eigenvalue weighted by atomic mass is 16.4. The Morgan fingerprint density at radius 2 is 2.05 bits per heavy atom. The second-order valence-electron chi connectivity index (χ2n) is 4.38. The summed E-state index contributed by atoms with van der Waals surface area (Å²) in [7, 11) is 0. The van der Waals surface area contributed by atoms with Crippen molar-refractivity contribution in [2.75, 3.05) is 5.32 Å². The standard InChI is InChI=1S/C15H17NO3/c1-3-11-6-4-5-7-12(11)16-10(2)13-8-9-14(19-13)15(17)18/h4-10,16H,3H2,1-2H3,(H,17,18). The van der Waals surface area contributed by atoms with E-state index < -0.39 is 5.97 Å². The van der Waals surface area contributed by atoms with Crippen LogP contribution in [0.3, 0.4) is 0 Å². The Bertz CT molecular complexity index is 574. The summed E-state index contributed by atoms with van der Waals surface area (Å²) in [6.45, 7) is 4.04. The minimum absolute atomic E-state index is 0.0348. The molecule has 0 saturated heterocycles. The number of rotatable bonds is 5. The van der Waals surface area contributed by atoms with Crippen molar-refractivity contribution in [2.24, 2.45) is 0 Å². The number of carbonyl (C=O) groups is 1. The molecule has 0 bridgehead atoms. The van der Waals surface area contributed by atoms with E-state index in [1.807, 2.05) is 25.1 Å². The third kappa shape index (κ3) is 2.96. The van der Waals surface area contributed by atoms with Gasteiger partial charge < -0.3 is 14.8 Å². The van der Waals surface area contributed by atoms with Crippen LogP contribution >= 0.6 is 0 Å². The monoisotopic (exact) mass is 259 g/mol. The largest absolute Gasteiger partial charge is 0.475 e. The lowest BCUT2D eigenvalue weighted by atomic mass is 10.1. The summed E-state index contributed by atoms with van der Waals surface area (Å²) >= 11 is 0. The summed E-state index contributed by atoms with van der Waals surface area (Å²) in [6.07, 6.45) is 0.939. The third-order valence-corrected chi connectivity index (χ3v) is 3.03. The van der Waals surface area contributed by atoms with E-state index in [9.17, 15) is 4.79 Å². The zero-order chi connectivity index (χ0) is 13.8. The number of hydrogen-bond acceptors (Lipinski definition) is 3. The molecule has 4 nitrogen and oxygen atoms in total. The summed E-state index contributed by atoms with van der Waals surface area (Å²) in [4.78, 5) is 10.8. The predicted molar refractivity (Wildman–Crippen MR) is 73.5 cm³/mol. The number of anilines is 1. The van der Waals surface area contributed by atoms with Gasteiger partial charge in [0.15, 0.2) is 0 Å². The first kappa shape index (κ1) is 13.2. The highest BCUT2D eigenvalue weighted by Gasteiger charge is 2.14. The lowest BCUT2D eigenvalue weighted by Gasteiger charge is -2.15. The van der Waals surface area contributed by atoms with Crippen LogP contribution in [0.1, 0.15) is 41.8 Å². The van der Waals surface area contributed by atoms with E-state index in [1.54, 1.807) is 6.07 Å².